The number of ether oxygens (including phenoxy) is 1. The van der Waals surface area contributed by atoms with E-state index in [1.807, 2.05) is 6.92 Å². The van der Waals surface area contributed by atoms with Crippen LogP contribution >= 0.6 is 0 Å². The Bertz CT molecular complexity index is 1020. The quantitative estimate of drug-likeness (QED) is 0.554. The van der Waals surface area contributed by atoms with Gasteiger partial charge in [0.05, 0.1) is 17.7 Å². The van der Waals surface area contributed by atoms with Crippen LogP contribution in [0, 0.1) is 17.0 Å². The van der Waals surface area contributed by atoms with Gasteiger partial charge in [0, 0.05) is 35.7 Å². The first-order valence-electron chi connectivity index (χ1n) is 7.88. The van der Waals surface area contributed by atoms with Gasteiger partial charge in [0.15, 0.2) is 5.82 Å². The predicted octanol–water partition coefficient (Wildman–Crippen LogP) is 3.60. The Morgan fingerprint density at radius 2 is 1.93 bits per heavy atom. The van der Waals surface area contributed by atoms with Crippen molar-refractivity contribution < 1.29 is 14.5 Å². The van der Waals surface area contributed by atoms with Crippen LogP contribution in [-0.2, 0) is 4.74 Å². The zero-order valence-electron chi connectivity index (χ0n) is 14.5. The van der Waals surface area contributed by atoms with Gasteiger partial charge in [-0.1, -0.05) is 6.07 Å². The zero-order chi connectivity index (χ0) is 19.4. The summed E-state index contributed by atoms with van der Waals surface area (Å²) in [5, 5.41) is 13.5. The number of anilines is 1. The van der Waals surface area contributed by atoms with Crippen molar-refractivity contribution in [1.82, 2.24) is 15.0 Å². The highest BCUT2D eigenvalue weighted by Gasteiger charge is 2.13. The van der Waals surface area contributed by atoms with Crippen LogP contribution in [0.5, 0.6) is 0 Å². The smallest absolute Gasteiger partial charge is 0.412 e. The van der Waals surface area contributed by atoms with E-state index in [2.05, 4.69) is 25.0 Å². The van der Waals surface area contributed by atoms with Gasteiger partial charge in [-0.2, -0.15) is 0 Å². The molecular formula is C18H15N5O4. The molecule has 0 spiro atoms. The van der Waals surface area contributed by atoms with Gasteiger partial charge in [-0.05, 0) is 30.7 Å². The maximum Gasteiger partial charge on any atom is 0.412 e. The number of nitrogens with one attached hydrogen (secondary N) is 1. The molecule has 1 amide bonds. The highest BCUT2D eigenvalue weighted by molar-refractivity contribution is 5.84. The molecule has 0 aliphatic carbocycles. The fourth-order valence-electron chi connectivity index (χ4n) is 2.44. The molecule has 3 rings (SSSR count). The van der Waals surface area contributed by atoms with Crippen molar-refractivity contribution in [1.29, 1.82) is 0 Å². The van der Waals surface area contributed by atoms with Gasteiger partial charge in [0.2, 0.25) is 0 Å². The monoisotopic (exact) mass is 365 g/mol. The third kappa shape index (κ3) is 4.03. The summed E-state index contributed by atoms with van der Waals surface area (Å²) in [7, 11) is 1.26. The van der Waals surface area contributed by atoms with Crippen LogP contribution < -0.4 is 5.32 Å². The highest BCUT2D eigenvalue weighted by atomic mass is 16.6. The molecule has 0 radical (unpaired) electrons. The van der Waals surface area contributed by atoms with E-state index in [0.717, 1.165) is 5.56 Å². The second-order valence-electron chi connectivity index (χ2n) is 5.57. The van der Waals surface area contributed by atoms with Crippen LogP contribution in [0.1, 0.15) is 5.56 Å². The Kier molecular flexibility index (Phi) is 5.02. The van der Waals surface area contributed by atoms with E-state index in [9.17, 15) is 14.9 Å². The summed E-state index contributed by atoms with van der Waals surface area (Å²) in [5.74, 6) is 0.689. The van der Waals surface area contributed by atoms with Gasteiger partial charge in [-0.15, -0.1) is 0 Å². The standard InChI is InChI=1S/C18H15N5O4/c1-11-3-4-13(23(25)26)10-14(11)15-6-8-20-17(21-15)12-5-7-19-16(9-12)22-18(24)27-2/h3-10H,1-2H3,(H,19,22,24). The number of amides is 1. The summed E-state index contributed by atoms with van der Waals surface area (Å²) in [5.41, 5.74) is 2.67. The number of non-ortho nitro benzene ring substituents is 1. The number of nitro groups is 1. The van der Waals surface area contributed by atoms with Gasteiger partial charge in [-0.25, -0.2) is 19.7 Å². The van der Waals surface area contributed by atoms with Crippen LogP contribution in [-0.4, -0.2) is 33.1 Å². The first-order valence-corrected chi connectivity index (χ1v) is 7.88. The molecule has 0 bridgehead atoms. The largest absolute Gasteiger partial charge is 0.453 e. The molecule has 0 atom stereocenters. The topological polar surface area (TPSA) is 120 Å². The van der Waals surface area contributed by atoms with Gasteiger partial charge >= 0.3 is 6.09 Å². The Labute approximate surface area is 154 Å². The lowest BCUT2D eigenvalue weighted by molar-refractivity contribution is -0.384. The molecule has 0 saturated carbocycles. The van der Waals surface area contributed by atoms with E-state index in [1.54, 1.807) is 30.5 Å². The zero-order valence-corrected chi connectivity index (χ0v) is 14.5. The molecule has 2 heterocycles. The lowest BCUT2D eigenvalue weighted by atomic mass is 10.0. The Morgan fingerprint density at radius 3 is 2.67 bits per heavy atom. The van der Waals surface area contributed by atoms with E-state index >= 15 is 0 Å². The molecule has 0 aliphatic rings. The van der Waals surface area contributed by atoms with Crippen molar-refractivity contribution in [3.63, 3.8) is 0 Å². The number of rotatable bonds is 4. The molecule has 9 nitrogen and oxygen atoms in total. The number of carbonyl (C=O) groups excluding carboxylic acids is 1. The minimum atomic E-state index is -0.637. The summed E-state index contributed by atoms with van der Waals surface area (Å²) >= 11 is 0. The minimum Gasteiger partial charge on any atom is -0.453 e. The molecule has 136 valence electrons. The van der Waals surface area contributed by atoms with Crippen LogP contribution in [0.2, 0.25) is 0 Å². The molecule has 27 heavy (non-hydrogen) atoms. The van der Waals surface area contributed by atoms with Crippen molar-refractivity contribution in [3.8, 4) is 22.6 Å². The van der Waals surface area contributed by atoms with Gasteiger partial charge in [-0.3, -0.25) is 15.4 Å². The van der Waals surface area contributed by atoms with Crippen LogP contribution in [0.25, 0.3) is 22.6 Å². The van der Waals surface area contributed by atoms with Crippen molar-refractivity contribution in [2.45, 2.75) is 6.92 Å². The first-order chi connectivity index (χ1) is 13.0. The normalized spacial score (nSPS) is 10.3. The summed E-state index contributed by atoms with van der Waals surface area (Å²) in [6.45, 7) is 1.85. The number of nitrogens with zero attached hydrogens (tertiary/aromatic N) is 4. The third-order valence-electron chi connectivity index (χ3n) is 3.80. The number of aryl methyl sites for hydroxylation is 1. The number of methoxy groups -OCH3 is 1. The number of aromatic nitrogens is 3. The second-order valence-corrected chi connectivity index (χ2v) is 5.57. The number of hydrogen-bond donors (Lipinski definition) is 1. The van der Waals surface area contributed by atoms with Gasteiger partial charge in [0.1, 0.15) is 5.82 Å². The molecule has 2 aromatic heterocycles. The lowest BCUT2D eigenvalue weighted by Gasteiger charge is -2.08. The average molecular weight is 365 g/mol. The SMILES string of the molecule is COC(=O)Nc1cc(-c2nccc(-c3cc([N+](=O)[O-])ccc3C)n2)ccn1. The fourth-order valence-corrected chi connectivity index (χ4v) is 2.44. The van der Waals surface area contributed by atoms with E-state index in [0.29, 0.717) is 28.5 Å². The molecule has 1 N–H and O–H groups in total. The number of nitro benzene ring substituents is 1. The maximum absolute atomic E-state index is 11.3. The van der Waals surface area contributed by atoms with E-state index in [-0.39, 0.29) is 5.69 Å². The second kappa shape index (κ2) is 7.56. The van der Waals surface area contributed by atoms with E-state index in [4.69, 9.17) is 0 Å². The Hall–Kier alpha value is -3.88. The predicted molar refractivity (Wildman–Crippen MR) is 98.1 cm³/mol. The number of hydrogen-bond acceptors (Lipinski definition) is 7. The maximum atomic E-state index is 11.3. The van der Waals surface area contributed by atoms with E-state index < -0.39 is 11.0 Å². The van der Waals surface area contributed by atoms with Crippen molar-refractivity contribution in [3.05, 3.63) is 64.5 Å². The lowest BCUT2D eigenvalue weighted by Crippen LogP contribution is -2.12. The molecule has 3 aromatic rings. The van der Waals surface area contributed by atoms with Gasteiger partial charge in [0.25, 0.3) is 5.69 Å². The summed E-state index contributed by atoms with van der Waals surface area (Å²) in [4.78, 5) is 34.7. The van der Waals surface area contributed by atoms with Crippen LogP contribution in [0.4, 0.5) is 16.3 Å². The molecule has 1 aromatic carbocycles. The third-order valence-corrected chi connectivity index (χ3v) is 3.80. The highest BCUT2D eigenvalue weighted by Crippen LogP contribution is 2.27. The Balaban J connectivity index is 2.00. The summed E-state index contributed by atoms with van der Waals surface area (Å²) in [6.07, 6.45) is 2.44. The van der Waals surface area contributed by atoms with Crippen LogP contribution in [0.15, 0.2) is 48.8 Å². The van der Waals surface area contributed by atoms with E-state index in [1.165, 1.54) is 25.4 Å². The first kappa shape index (κ1) is 17.9. The molecule has 9 heteroatoms. The van der Waals surface area contributed by atoms with Crippen molar-refractivity contribution in [2.24, 2.45) is 0 Å². The number of benzene rings is 1. The molecule has 0 fully saturated rings. The fraction of sp³-hybridized carbons (Fsp3) is 0.111. The molecular weight excluding hydrogens is 350 g/mol. The number of carbonyl (C=O) groups is 1. The van der Waals surface area contributed by atoms with Crippen molar-refractivity contribution >= 4 is 17.6 Å². The average Bonchev–Trinajstić information content (AvgIpc) is 2.68. The van der Waals surface area contributed by atoms with Gasteiger partial charge < -0.3 is 4.74 Å². The summed E-state index contributed by atoms with van der Waals surface area (Å²) in [6, 6.07) is 9.61. The Morgan fingerprint density at radius 1 is 1.15 bits per heavy atom. The van der Waals surface area contributed by atoms with Crippen molar-refractivity contribution in [2.75, 3.05) is 12.4 Å². The molecule has 0 aliphatic heterocycles. The summed E-state index contributed by atoms with van der Waals surface area (Å²) < 4.78 is 4.54. The van der Waals surface area contributed by atoms with Crippen LogP contribution in [0.3, 0.4) is 0 Å². The molecule has 0 unspecified atom stereocenters. The minimum absolute atomic E-state index is 0.00997. The number of pyridine rings is 1. The molecule has 0 saturated heterocycles.